The van der Waals surface area contributed by atoms with E-state index in [1.165, 1.54) is 12.8 Å². The molecule has 0 spiro atoms. The molecule has 1 aliphatic rings. The van der Waals surface area contributed by atoms with Crippen LogP contribution in [-0.2, 0) is 11.3 Å². The highest BCUT2D eigenvalue weighted by atomic mass is 32.1. The average Bonchev–Trinajstić information content (AvgIpc) is 2.39. The number of carbonyl (C=O) groups is 1. The van der Waals surface area contributed by atoms with E-state index in [4.69, 9.17) is 18.0 Å². The summed E-state index contributed by atoms with van der Waals surface area (Å²) in [6, 6.07) is 7.85. The summed E-state index contributed by atoms with van der Waals surface area (Å²) >= 11 is 4.99. The molecule has 0 atom stereocenters. The molecule has 0 radical (unpaired) electrons. The topological polar surface area (TPSA) is 46.3 Å². The van der Waals surface area contributed by atoms with Crippen molar-refractivity contribution < 1.29 is 4.79 Å². The van der Waals surface area contributed by atoms with Gasteiger partial charge in [0.25, 0.3) is 0 Å². The van der Waals surface area contributed by atoms with Crippen LogP contribution in [0.4, 0.5) is 0 Å². The number of nitrogens with zero attached hydrogens (tertiary/aromatic N) is 1. The third-order valence-corrected chi connectivity index (χ3v) is 3.74. The molecule has 0 unspecified atom stereocenters. The normalized spacial score (nSPS) is 16.8. The van der Waals surface area contributed by atoms with Crippen molar-refractivity contribution in [3.63, 3.8) is 0 Å². The van der Waals surface area contributed by atoms with Crippen LogP contribution in [0.3, 0.4) is 0 Å². The van der Waals surface area contributed by atoms with Crippen LogP contribution in [-0.4, -0.2) is 22.3 Å². The van der Waals surface area contributed by atoms with E-state index in [0.29, 0.717) is 18.0 Å². The Labute approximate surface area is 119 Å². The largest absolute Gasteiger partial charge is 0.389 e. The Morgan fingerprint density at radius 3 is 2.84 bits per heavy atom. The minimum atomic E-state index is 0.264. The van der Waals surface area contributed by atoms with Gasteiger partial charge in [-0.25, -0.2) is 0 Å². The van der Waals surface area contributed by atoms with Crippen molar-refractivity contribution in [2.45, 2.75) is 38.6 Å². The Balaban J connectivity index is 2.07. The zero-order chi connectivity index (χ0) is 13.7. The number of benzene rings is 1. The van der Waals surface area contributed by atoms with Gasteiger partial charge in [-0.1, -0.05) is 43.3 Å². The smallest absolute Gasteiger partial charge is 0.222 e. The van der Waals surface area contributed by atoms with Gasteiger partial charge in [-0.05, 0) is 24.5 Å². The van der Waals surface area contributed by atoms with Crippen molar-refractivity contribution in [2.24, 2.45) is 5.73 Å². The van der Waals surface area contributed by atoms with Crippen LogP contribution in [0.5, 0.6) is 0 Å². The lowest BCUT2D eigenvalue weighted by molar-refractivity contribution is -0.132. The molecule has 1 aromatic rings. The molecule has 1 heterocycles. The Kier molecular flexibility index (Phi) is 4.91. The molecule has 1 fully saturated rings. The third kappa shape index (κ3) is 4.03. The maximum absolute atomic E-state index is 12.1. The van der Waals surface area contributed by atoms with Gasteiger partial charge >= 0.3 is 0 Å². The highest BCUT2D eigenvalue weighted by molar-refractivity contribution is 7.80. The molecule has 1 amide bonds. The minimum absolute atomic E-state index is 0.264. The fourth-order valence-electron chi connectivity index (χ4n) is 2.43. The molecule has 0 aliphatic carbocycles. The first-order valence-electron chi connectivity index (χ1n) is 6.83. The monoisotopic (exact) mass is 276 g/mol. The second-order valence-electron chi connectivity index (χ2n) is 5.04. The lowest BCUT2D eigenvalue weighted by Gasteiger charge is -2.25. The van der Waals surface area contributed by atoms with Crippen LogP contribution in [0.1, 0.15) is 43.2 Å². The van der Waals surface area contributed by atoms with Gasteiger partial charge in [0, 0.05) is 25.1 Å². The number of likely N-dealkylation sites (tertiary alicyclic amines) is 1. The van der Waals surface area contributed by atoms with Crippen LogP contribution in [0.15, 0.2) is 24.3 Å². The second-order valence-corrected chi connectivity index (χ2v) is 5.48. The zero-order valence-corrected chi connectivity index (χ0v) is 11.9. The quantitative estimate of drug-likeness (QED) is 0.863. The van der Waals surface area contributed by atoms with E-state index in [2.05, 4.69) is 0 Å². The van der Waals surface area contributed by atoms with Gasteiger partial charge in [-0.3, -0.25) is 4.79 Å². The van der Waals surface area contributed by atoms with Gasteiger partial charge in [0.05, 0.1) is 0 Å². The SMILES string of the molecule is NC(=S)c1cccc(CN2CCCCCCC2=O)c1. The maximum Gasteiger partial charge on any atom is 0.222 e. The van der Waals surface area contributed by atoms with Crippen LogP contribution in [0.2, 0.25) is 0 Å². The second kappa shape index (κ2) is 6.66. The molecule has 1 saturated heterocycles. The molecule has 102 valence electrons. The predicted octanol–water partition coefficient (Wildman–Crippen LogP) is 2.61. The molecule has 0 saturated carbocycles. The van der Waals surface area contributed by atoms with Gasteiger partial charge in [0.1, 0.15) is 4.99 Å². The van der Waals surface area contributed by atoms with Crippen LogP contribution >= 0.6 is 12.2 Å². The number of carbonyl (C=O) groups excluding carboxylic acids is 1. The molecule has 0 aromatic heterocycles. The lowest BCUT2D eigenvalue weighted by atomic mass is 10.1. The minimum Gasteiger partial charge on any atom is -0.389 e. The number of hydrogen-bond acceptors (Lipinski definition) is 2. The first-order valence-corrected chi connectivity index (χ1v) is 7.24. The molecule has 1 aliphatic heterocycles. The van der Waals surface area contributed by atoms with E-state index in [1.807, 2.05) is 29.2 Å². The Hall–Kier alpha value is -1.42. The molecule has 4 heteroatoms. The first kappa shape index (κ1) is 14.0. The molecular formula is C15H20N2OS. The maximum atomic E-state index is 12.1. The molecule has 3 nitrogen and oxygen atoms in total. The molecule has 2 rings (SSSR count). The van der Waals surface area contributed by atoms with Gasteiger partial charge < -0.3 is 10.6 Å². The molecule has 1 aromatic carbocycles. The summed E-state index contributed by atoms with van der Waals surface area (Å²) in [4.78, 5) is 14.4. The van der Waals surface area contributed by atoms with E-state index in [1.54, 1.807) is 0 Å². The molecule has 0 bridgehead atoms. The molecule has 2 N–H and O–H groups in total. The van der Waals surface area contributed by atoms with E-state index in [-0.39, 0.29) is 5.91 Å². The van der Waals surface area contributed by atoms with E-state index < -0.39 is 0 Å². The van der Waals surface area contributed by atoms with Crippen LogP contribution in [0.25, 0.3) is 0 Å². The van der Waals surface area contributed by atoms with Crippen LogP contribution < -0.4 is 5.73 Å². The number of amides is 1. The highest BCUT2D eigenvalue weighted by Crippen LogP contribution is 2.15. The van der Waals surface area contributed by atoms with E-state index >= 15 is 0 Å². The zero-order valence-electron chi connectivity index (χ0n) is 11.1. The fourth-order valence-corrected chi connectivity index (χ4v) is 2.55. The Morgan fingerprint density at radius 1 is 1.26 bits per heavy atom. The summed E-state index contributed by atoms with van der Waals surface area (Å²) in [6.45, 7) is 1.52. The predicted molar refractivity (Wildman–Crippen MR) is 80.8 cm³/mol. The number of thiocarbonyl (C=S) groups is 1. The lowest BCUT2D eigenvalue weighted by Crippen LogP contribution is -2.32. The third-order valence-electron chi connectivity index (χ3n) is 3.51. The summed E-state index contributed by atoms with van der Waals surface area (Å²) in [5, 5.41) is 0. The Morgan fingerprint density at radius 2 is 2.05 bits per heavy atom. The summed E-state index contributed by atoms with van der Waals surface area (Å²) < 4.78 is 0. The number of nitrogens with two attached hydrogens (primary N) is 1. The van der Waals surface area contributed by atoms with Crippen molar-refractivity contribution >= 4 is 23.1 Å². The first-order chi connectivity index (χ1) is 9.16. The van der Waals surface area contributed by atoms with Gasteiger partial charge in [0.2, 0.25) is 5.91 Å². The van der Waals surface area contributed by atoms with Crippen molar-refractivity contribution in [1.29, 1.82) is 0 Å². The molecule has 19 heavy (non-hydrogen) atoms. The standard InChI is InChI=1S/C15H20N2OS/c16-15(19)13-7-5-6-12(10-13)11-17-9-4-2-1-3-8-14(17)18/h5-7,10H,1-4,8-9,11H2,(H2,16,19). The van der Waals surface area contributed by atoms with Crippen molar-refractivity contribution in [2.75, 3.05) is 6.54 Å². The summed E-state index contributed by atoms with van der Waals surface area (Å²) in [7, 11) is 0. The van der Waals surface area contributed by atoms with E-state index in [9.17, 15) is 4.79 Å². The van der Waals surface area contributed by atoms with Gasteiger partial charge in [-0.15, -0.1) is 0 Å². The van der Waals surface area contributed by atoms with E-state index in [0.717, 1.165) is 30.5 Å². The highest BCUT2D eigenvalue weighted by Gasteiger charge is 2.15. The summed E-state index contributed by atoms with van der Waals surface area (Å²) in [5.74, 6) is 0.264. The van der Waals surface area contributed by atoms with Crippen molar-refractivity contribution in [3.8, 4) is 0 Å². The van der Waals surface area contributed by atoms with Crippen molar-refractivity contribution in [1.82, 2.24) is 4.90 Å². The molecular weight excluding hydrogens is 256 g/mol. The average molecular weight is 276 g/mol. The van der Waals surface area contributed by atoms with Crippen molar-refractivity contribution in [3.05, 3.63) is 35.4 Å². The van der Waals surface area contributed by atoms with Gasteiger partial charge in [-0.2, -0.15) is 0 Å². The summed E-state index contributed by atoms with van der Waals surface area (Å²) in [5.41, 5.74) is 7.60. The fraction of sp³-hybridized carbons (Fsp3) is 0.467. The number of hydrogen-bond donors (Lipinski definition) is 1. The van der Waals surface area contributed by atoms with Gasteiger partial charge in [0.15, 0.2) is 0 Å². The Bertz CT molecular complexity index is 473. The van der Waals surface area contributed by atoms with Crippen LogP contribution in [0, 0.1) is 0 Å². The number of rotatable bonds is 3. The summed E-state index contributed by atoms with van der Waals surface area (Å²) in [6.07, 6.45) is 5.19.